The third kappa shape index (κ3) is 6.67. The largest absolute Gasteiger partial charge is 0.456 e. The highest BCUT2D eigenvalue weighted by atomic mass is 16.3. The molecule has 1 aliphatic carbocycles. The van der Waals surface area contributed by atoms with Crippen LogP contribution in [0.4, 0.5) is 34.1 Å². The molecule has 78 heavy (non-hydrogen) atoms. The maximum absolute atomic E-state index is 7.22. The van der Waals surface area contributed by atoms with Crippen molar-refractivity contribution in [3.05, 3.63) is 229 Å². The molecule has 11 aromatic carbocycles. The first-order chi connectivity index (χ1) is 37.7. The molecule has 14 aromatic rings. The zero-order chi connectivity index (χ0) is 53.0. The van der Waals surface area contributed by atoms with Gasteiger partial charge in [-0.25, -0.2) is 0 Å². The smallest absolute Gasteiger partial charge is 0.159 e. The molecule has 0 amide bonds. The summed E-state index contributed by atoms with van der Waals surface area (Å²) in [6, 6.07) is 74.9. The fourth-order valence-corrected chi connectivity index (χ4v) is 13.2. The topological polar surface area (TPSA) is 45.9 Å². The van der Waals surface area contributed by atoms with Gasteiger partial charge in [0.05, 0.1) is 22.7 Å². The van der Waals surface area contributed by atoms with Crippen LogP contribution in [0.25, 0.3) is 98.5 Å². The van der Waals surface area contributed by atoms with Gasteiger partial charge in [0.1, 0.15) is 22.3 Å². The normalized spacial score (nSPS) is 13.5. The van der Waals surface area contributed by atoms with Gasteiger partial charge in [-0.15, -0.1) is 0 Å². The lowest BCUT2D eigenvalue weighted by Crippen LogP contribution is -2.17. The van der Waals surface area contributed by atoms with E-state index in [1.165, 1.54) is 38.8 Å². The second-order valence-electron chi connectivity index (χ2n) is 24.0. The van der Waals surface area contributed by atoms with Crippen molar-refractivity contribution in [2.75, 3.05) is 9.80 Å². The van der Waals surface area contributed by atoms with E-state index in [0.717, 1.165) is 116 Å². The Balaban J connectivity index is 0.946. The molecule has 15 rings (SSSR count). The number of anilines is 6. The van der Waals surface area contributed by atoms with Crippen LogP contribution in [0.3, 0.4) is 0 Å². The minimum atomic E-state index is -0.387. The highest BCUT2D eigenvalue weighted by molar-refractivity contribution is 6.25. The third-order valence-corrected chi connectivity index (χ3v) is 16.8. The van der Waals surface area contributed by atoms with Gasteiger partial charge < -0.3 is 23.1 Å². The quantitative estimate of drug-likeness (QED) is 0.166. The molecule has 0 unspecified atom stereocenters. The lowest BCUT2D eigenvalue weighted by atomic mass is 9.81. The molecule has 0 fully saturated rings. The molecule has 378 valence electrons. The molecule has 5 nitrogen and oxygen atoms in total. The number of benzene rings is 11. The summed E-state index contributed by atoms with van der Waals surface area (Å²) >= 11 is 0. The van der Waals surface area contributed by atoms with Crippen LogP contribution in [-0.4, -0.2) is 0 Å². The van der Waals surface area contributed by atoms with Gasteiger partial charge in [-0.3, -0.25) is 0 Å². The lowest BCUT2D eigenvalue weighted by molar-refractivity contribution is 0.572. The van der Waals surface area contributed by atoms with Crippen molar-refractivity contribution in [1.29, 1.82) is 0 Å². The third-order valence-electron chi connectivity index (χ3n) is 16.8. The maximum Gasteiger partial charge on any atom is 0.159 e. The highest BCUT2D eigenvalue weighted by Gasteiger charge is 2.40. The summed E-state index contributed by atoms with van der Waals surface area (Å²) in [5, 5.41) is 11.3. The van der Waals surface area contributed by atoms with Crippen molar-refractivity contribution in [2.24, 2.45) is 0 Å². The number of para-hydroxylation sites is 6. The Morgan fingerprint density at radius 3 is 1.29 bits per heavy atom. The van der Waals surface area contributed by atoms with Crippen molar-refractivity contribution < 1.29 is 13.3 Å². The average Bonchev–Trinajstić information content (AvgIpc) is 4.36. The van der Waals surface area contributed by atoms with E-state index in [4.69, 9.17) is 13.3 Å². The minimum Gasteiger partial charge on any atom is -0.456 e. The number of hydrogen-bond donors (Lipinski definition) is 0. The van der Waals surface area contributed by atoms with Gasteiger partial charge >= 0.3 is 0 Å². The molecule has 0 aliphatic heterocycles. The molecule has 0 atom stereocenters. The van der Waals surface area contributed by atoms with Crippen LogP contribution in [0, 0.1) is 0 Å². The summed E-state index contributed by atoms with van der Waals surface area (Å²) in [6.45, 7) is 18.3. The Hall–Kier alpha value is -9.06. The number of fused-ring (bicyclic) bond motifs is 16. The van der Waals surface area contributed by atoms with Gasteiger partial charge in [0.25, 0.3) is 0 Å². The number of furan rings is 3. The van der Waals surface area contributed by atoms with Gasteiger partial charge in [0, 0.05) is 77.1 Å². The predicted molar refractivity (Wildman–Crippen MR) is 328 cm³/mol. The van der Waals surface area contributed by atoms with Gasteiger partial charge in [-0.05, 0) is 98.5 Å². The molecule has 5 heteroatoms. The maximum atomic E-state index is 7.22. The first-order valence-corrected chi connectivity index (χ1v) is 27.3. The molecule has 0 radical (unpaired) electrons. The van der Waals surface area contributed by atoms with E-state index in [0.29, 0.717) is 0 Å². The first kappa shape index (κ1) is 46.3. The number of hydrogen-bond acceptors (Lipinski definition) is 5. The monoisotopic (exact) mass is 1010 g/mol. The Labute approximate surface area is 453 Å². The van der Waals surface area contributed by atoms with Crippen LogP contribution >= 0.6 is 0 Å². The summed E-state index contributed by atoms with van der Waals surface area (Å²) in [5.41, 5.74) is 18.3. The second-order valence-corrected chi connectivity index (χ2v) is 24.0. The van der Waals surface area contributed by atoms with Crippen molar-refractivity contribution in [2.45, 2.75) is 71.6 Å². The molecule has 0 spiro atoms. The van der Waals surface area contributed by atoms with Crippen LogP contribution in [0.1, 0.15) is 77.6 Å². The molecule has 0 N–H and O–H groups in total. The van der Waals surface area contributed by atoms with E-state index in [-0.39, 0.29) is 16.2 Å². The Morgan fingerprint density at radius 2 is 0.769 bits per heavy atom. The van der Waals surface area contributed by atoms with Gasteiger partial charge in [0.2, 0.25) is 0 Å². The first-order valence-electron chi connectivity index (χ1n) is 27.3. The Kier molecular flexibility index (Phi) is 9.77. The Morgan fingerprint density at radius 1 is 0.333 bits per heavy atom. The fourth-order valence-electron chi connectivity index (χ4n) is 13.2. The van der Waals surface area contributed by atoms with Crippen molar-refractivity contribution in [3.8, 4) is 11.1 Å². The molecule has 0 saturated heterocycles. The summed E-state index contributed by atoms with van der Waals surface area (Å²) < 4.78 is 21.4. The van der Waals surface area contributed by atoms with E-state index in [1.54, 1.807) is 0 Å². The summed E-state index contributed by atoms with van der Waals surface area (Å²) in [4.78, 5) is 4.78. The van der Waals surface area contributed by atoms with E-state index >= 15 is 0 Å². The van der Waals surface area contributed by atoms with E-state index in [2.05, 4.69) is 271 Å². The zero-order valence-corrected chi connectivity index (χ0v) is 45.2. The molecule has 3 heterocycles. The Bertz CT molecular complexity index is 4790. The molecule has 0 saturated carbocycles. The minimum absolute atomic E-state index is 0.0971. The molecular weight excluding hydrogens is 953 g/mol. The standard InChI is InChI=1S/C73H58N2O3/c1-71(2,3)55-35-19-31-49-51-33-21-37-59(69(51)77-67(49)55)74(43-23-11-9-12-24-43)61-40-58-65(47-29-17-15-27-45(47)61)53-39-54-63(41-57(53)73(58,7)8)76-64-42-62(46-28-16-18-30-48(46)66(54)64)75(44-25-13-10-14-26-44)60-38-22-34-52-50-32-20-36-56(72(4,5)6)68(50)78-70(52)60/h9-42H,1-8H3. The lowest BCUT2D eigenvalue weighted by Gasteiger charge is -2.29. The van der Waals surface area contributed by atoms with Crippen molar-refractivity contribution >= 4 is 121 Å². The van der Waals surface area contributed by atoms with E-state index in [1.807, 2.05) is 0 Å². The molecule has 0 bridgehead atoms. The second kappa shape index (κ2) is 16.5. The summed E-state index contributed by atoms with van der Waals surface area (Å²) in [5.74, 6) is 0. The number of nitrogens with zero attached hydrogens (tertiary/aromatic N) is 2. The van der Waals surface area contributed by atoms with Gasteiger partial charge in [0.15, 0.2) is 11.2 Å². The van der Waals surface area contributed by atoms with Crippen LogP contribution in [0.5, 0.6) is 0 Å². The highest BCUT2D eigenvalue weighted by Crippen LogP contribution is 2.57. The van der Waals surface area contributed by atoms with Crippen molar-refractivity contribution in [3.63, 3.8) is 0 Å². The molecule has 3 aromatic heterocycles. The summed E-state index contributed by atoms with van der Waals surface area (Å²) in [6.07, 6.45) is 0. The van der Waals surface area contributed by atoms with Crippen molar-refractivity contribution in [1.82, 2.24) is 0 Å². The molecule has 1 aliphatic rings. The van der Waals surface area contributed by atoms with Crippen LogP contribution < -0.4 is 9.80 Å². The van der Waals surface area contributed by atoms with Crippen LogP contribution in [-0.2, 0) is 16.2 Å². The van der Waals surface area contributed by atoms with Crippen LogP contribution in [0.15, 0.2) is 220 Å². The van der Waals surface area contributed by atoms with E-state index in [9.17, 15) is 0 Å². The number of rotatable bonds is 6. The van der Waals surface area contributed by atoms with Gasteiger partial charge in [-0.2, -0.15) is 0 Å². The zero-order valence-electron chi connectivity index (χ0n) is 45.2. The predicted octanol–water partition coefficient (Wildman–Crippen LogP) is 21.5. The fraction of sp³-hybridized carbons (Fsp3) is 0.151. The summed E-state index contributed by atoms with van der Waals surface area (Å²) in [7, 11) is 0. The van der Waals surface area contributed by atoms with Crippen LogP contribution in [0.2, 0.25) is 0 Å². The van der Waals surface area contributed by atoms with E-state index < -0.39 is 0 Å². The molecular formula is C73H58N2O3. The SMILES string of the molecule is CC(C)(C)c1cccc2c1oc1c(N(c3ccccc3)c3cc4c(c5ccccc35)-c3cc5c(cc3C4(C)C)oc3cc(N(c4ccccc4)c4cccc6c4oc4c(C(C)(C)C)cccc46)c4ccccc4c35)cccc12. The average molecular weight is 1010 g/mol. The van der Waals surface area contributed by atoms with Gasteiger partial charge in [-0.1, -0.05) is 201 Å².